The zero-order chi connectivity index (χ0) is 31.6. The summed E-state index contributed by atoms with van der Waals surface area (Å²) in [5.41, 5.74) is 11.5. The predicted octanol–water partition coefficient (Wildman–Crippen LogP) is 11.6. The summed E-state index contributed by atoms with van der Waals surface area (Å²) < 4.78 is 8.35. The van der Waals surface area contributed by atoms with Crippen molar-refractivity contribution in [1.29, 1.82) is 0 Å². The van der Waals surface area contributed by atoms with Crippen molar-refractivity contribution in [1.82, 2.24) is 14.5 Å². The first kappa shape index (κ1) is 26.7. The maximum absolute atomic E-state index is 6.13. The minimum absolute atomic E-state index is 0.652. The van der Waals surface area contributed by atoms with Crippen molar-refractivity contribution in [2.24, 2.45) is 0 Å². The van der Waals surface area contributed by atoms with Gasteiger partial charge in [-0.15, -0.1) is 0 Å². The zero-order valence-electron chi connectivity index (χ0n) is 25.8. The average molecular weight is 614 g/mol. The van der Waals surface area contributed by atoms with Crippen molar-refractivity contribution < 1.29 is 4.42 Å². The van der Waals surface area contributed by atoms with E-state index in [4.69, 9.17) is 14.4 Å². The minimum atomic E-state index is 0.652. The van der Waals surface area contributed by atoms with Gasteiger partial charge in [-0.3, -0.25) is 4.57 Å². The Labute approximate surface area is 276 Å². The van der Waals surface area contributed by atoms with E-state index < -0.39 is 0 Å². The molecule has 224 valence electrons. The summed E-state index contributed by atoms with van der Waals surface area (Å²) in [5.74, 6) is 0.652. The van der Waals surface area contributed by atoms with Gasteiger partial charge in [0.25, 0.3) is 0 Å². The molecule has 0 aliphatic heterocycles. The molecule has 0 aliphatic carbocycles. The number of para-hydroxylation sites is 2. The molecular formula is C44H27N3O. The van der Waals surface area contributed by atoms with Crippen molar-refractivity contribution in [3.63, 3.8) is 0 Å². The molecule has 0 spiro atoms. The fraction of sp³-hybridized carbons (Fsp3) is 0. The standard InChI is InChI=1S/C44H27N3O/c1-3-11-28(12-4-1)30-19-22-39-35(25-30)36-26-31(32-21-24-42-37(27-32)33-15-8-10-18-41(33)48-42)20-23-40(36)47(39)44-45-38-17-9-7-16-34(38)43(46-44)29-13-5-2-6-14-29/h1-27H. The summed E-state index contributed by atoms with van der Waals surface area (Å²) in [6.45, 7) is 0. The van der Waals surface area contributed by atoms with E-state index in [0.717, 1.165) is 77.0 Å². The van der Waals surface area contributed by atoms with Crippen LogP contribution >= 0.6 is 0 Å². The molecule has 0 saturated carbocycles. The van der Waals surface area contributed by atoms with Crippen LogP contribution in [0.5, 0.6) is 0 Å². The van der Waals surface area contributed by atoms with Crippen LogP contribution in [0, 0.1) is 0 Å². The molecule has 4 heteroatoms. The highest BCUT2D eigenvalue weighted by molar-refractivity contribution is 6.12. The lowest BCUT2D eigenvalue weighted by Gasteiger charge is -2.12. The number of aromatic nitrogens is 3. The predicted molar refractivity (Wildman–Crippen MR) is 197 cm³/mol. The van der Waals surface area contributed by atoms with Crippen molar-refractivity contribution in [3.05, 3.63) is 164 Å². The zero-order valence-corrected chi connectivity index (χ0v) is 25.8. The fourth-order valence-electron chi connectivity index (χ4n) is 7.11. The largest absolute Gasteiger partial charge is 0.456 e. The van der Waals surface area contributed by atoms with E-state index in [1.165, 1.54) is 11.1 Å². The monoisotopic (exact) mass is 613 g/mol. The van der Waals surface area contributed by atoms with E-state index in [2.05, 4.69) is 144 Å². The van der Waals surface area contributed by atoms with Gasteiger partial charge >= 0.3 is 0 Å². The van der Waals surface area contributed by atoms with E-state index >= 15 is 0 Å². The summed E-state index contributed by atoms with van der Waals surface area (Å²) in [4.78, 5) is 10.4. The molecule has 7 aromatic carbocycles. The van der Waals surface area contributed by atoms with Gasteiger partial charge in [0.2, 0.25) is 5.95 Å². The molecule has 48 heavy (non-hydrogen) atoms. The fourth-order valence-corrected chi connectivity index (χ4v) is 7.11. The summed E-state index contributed by atoms with van der Waals surface area (Å²) in [5, 5.41) is 5.58. The van der Waals surface area contributed by atoms with Crippen molar-refractivity contribution in [3.8, 4) is 39.5 Å². The quantitative estimate of drug-likeness (QED) is 0.198. The van der Waals surface area contributed by atoms with Crippen LogP contribution in [0.2, 0.25) is 0 Å². The first-order chi connectivity index (χ1) is 23.8. The minimum Gasteiger partial charge on any atom is -0.456 e. The number of furan rings is 1. The van der Waals surface area contributed by atoms with Crippen LogP contribution < -0.4 is 0 Å². The molecule has 0 unspecified atom stereocenters. The summed E-state index contributed by atoms with van der Waals surface area (Å²) >= 11 is 0. The van der Waals surface area contributed by atoms with Crippen molar-refractivity contribution >= 4 is 54.6 Å². The van der Waals surface area contributed by atoms with E-state index in [1.54, 1.807) is 0 Å². The number of hydrogen-bond acceptors (Lipinski definition) is 3. The summed E-state index contributed by atoms with van der Waals surface area (Å²) in [7, 11) is 0. The third-order valence-electron chi connectivity index (χ3n) is 9.42. The van der Waals surface area contributed by atoms with Crippen LogP contribution in [0.4, 0.5) is 0 Å². The molecular weight excluding hydrogens is 587 g/mol. The van der Waals surface area contributed by atoms with Crippen LogP contribution in [-0.2, 0) is 0 Å². The third-order valence-corrected chi connectivity index (χ3v) is 9.42. The number of hydrogen-bond donors (Lipinski definition) is 0. The van der Waals surface area contributed by atoms with Gasteiger partial charge in [0, 0.05) is 32.5 Å². The van der Waals surface area contributed by atoms with Crippen LogP contribution in [0.1, 0.15) is 0 Å². The van der Waals surface area contributed by atoms with Gasteiger partial charge < -0.3 is 4.42 Å². The summed E-state index contributed by atoms with van der Waals surface area (Å²) in [6, 6.07) is 57.4. The Bertz CT molecular complexity index is 2830. The first-order valence-corrected chi connectivity index (χ1v) is 16.2. The normalized spacial score (nSPS) is 11.8. The lowest BCUT2D eigenvalue weighted by atomic mass is 9.99. The molecule has 3 heterocycles. The SMILES string of the molecule is c1ccc(-c2ccc3c(c2)c2cc(-c4ccc5oc6ccccc6c5c4)ccc2n3-c2nc(-c3ccccc3)c3ccccc3n2)cc1. The van der Waals surface area contributed by atoms with Gasteiger partial charge in [0.05, 0.1) is 22.2 Å². The maximum Gasteiger partial charge on any atom is 0.235 e. The number of fused-ring (bicyclic) bond motifs is 7. The Kier molecular flexibility index (Phi) is 5.84. The molecule has 0 atom stereocenters. The highest BCUT2D eigenvalue weighted by atomic mass is 16.3. The third kappa shape index (κ3) is 4.16. The molecule has 3 aromatic heterocycles. The van der Waals surface area contributed by atoms with E-state index in [0.29, 0.717) is 5.95 Å². The van der Waals surface area contributed by atoms with Crippen molar-refractivity contribution in [2.45, 2.75) is 0 Å². The Morgan fingerprint density at radius 1 is 0.375 bits per heavy atom. The number of rotatable bonds is 4. The Morgan fingerprint density at radius 2 is 0.917 bits per heavy atom. The molecule has 0 bridgehead atoms. The summed E-state index contributed by atoms with van der Waals surface area (Å²) in [6.07, 6.45) is 0. The van der Waals surface area contributed by atoms with Crippen LogP contribution in [0.25, 0.3) is 94.1 Å². The van der Waals surface area contributed by atoms with E-state index in [9.17, 15) is 0 Å². The average Bonchev–Trinajstić information content (AvgIpc) is 3.69. The van der Waals surface area contributed by atoms with E-state index in [1.807, 2.05) is 24.3 Å². The Morgan fingerprint density at radius 3 is 1.65 bits per heavy atom. The van der Waals surface area contributed by atoms with Gasteiger partial charge in [0.1, 0.15) is 11.2 Å². The molecule has 0 aliphatic rings. The molecule has 10 aromatic rings. The lowest BCUT2D eigenvalue weighted by Crippen LogP contribution is -2.03. The Hall–Kier alpha value is -6.52. The maximum atomic E-state index is 6.13. The number of nitrogens with zero attached hydrogens (tertiary/aromatic N) is 3. The number of benzene rings is 7. The molecule has 0 saturated heterocycles. The highest BCUT2D eigenvalue weighted by Crippen LogP contribution is 2.39. The van der Waals surface area contributed by atoms with Crippen molar-refractivity contribution in [2.75, 3.05) is 0 Å². The van der Waals surface area contributed by atoms with Crippen LogP contribution in [0.15, 0.2) is 168 Å². The molecule has 0 amide bonds. The molecule has 10 rings (SSSR count). The molecule has 0 fully saturated rings. The Balaban J connectivity index is 1.24. The van der Waals surface area contributed by atoms with Gasteiger partial charge in [-0.1, -0.05) is 115 Å². The highest BCUT2D eigenvalue weighted by Gasteiger charge is 2.19. The van der Waals surface area contributed by atoms with Gasteiger partial charge in [-0.05, 0) is 70.8 Å². The first-order valence-electron chi connectivity index (χ1n) is 16.2. The van der Waals surface area contributed by atoms with Crippen LogP contribution in [0.3, 0.4) is 0 Å². The topological polar surface area (TPSA) is 43.9 Å². The van der Waals surface area contributed by atoms with Gasteiger partial charge in [0.15, 0.2) is 0 Å². The smallest absolute Gasteiger partial charge is 0.235 e. The second-order valence-electron chi connectivity index (χ2n) is 12.2. The molecule has 0 radical (unpaired) electrons. The molecule has 4 nitrogen and oxygen atoms in total. The van der Waals surface area contributed by atoms with Gasteiger partial charge in [-0.25, -0.2) is 9.97 Å². The van der Waals surface area contributed by atoms with E-state index in [-0.39, 0.29) is 0 Å². The second-order valence-corrected chi connectivity index (χ2v) is 12.2. The van der Waals surface area contributed by atoms with Crippen LogP contribution in [-0.4, -0.2) is 14.5 Å². The molecule has 0 N–H and O–H groups in total. The lowest BCUT2D eigenvalue weighted by molar-refractivity contribution is 0.669. The van der Waals surface area contributed by atoms with Gasteiger partial charge in [-0.2, -0.15) is 0 Å². The second kappa shape index (κ2) is 10.5.